The molecule has 0 aliphatic carbocycles. The molecule has 2 heterocycles. The molecule has 2 heteroatoms. The molecule has 4 rings (SSSR count). The third kappa shape index (κ3) is 1.32. The molecule has 18 heavy (non-hydrogen) atoms. The summed E-state index contributed by atoms with van der Waals surface area (Å²) in [5.41, 5.74) is 3.85. The Morgan fingerprint density at radius 2 is 1.78 bits per heavy atom. The monoisotopic (exact) mass is 233 g/mol. The normalized spacial score (nSPS) is 13.7. The number of benzene rings is 2. The average Bonchev–Trinajstić information content (AvgIpc) is 2.85. The van der Waals surface area contributed by atoms with Crippen molar-refractivity contribution < 1.29 is 4.58 Å². The topological polar surface area (TPSA) is 7.94 Å². The Bertz CT molecular complexity index is 751. The summed E-state index contributed by atoms with van der Waals surface area (Å²) in [4.78, 5) is 0. The van der Waals surface area contributed by atoms with Gasteiger partial charge in [-0.15, -0.1) is 0 Å². The van der Waals surface area contributed by atoms with E-state index in [1.165, 1.54) is 22.2 Å². The molecule has 2 nitrogen and oxygen atoms in total. The first kappa shape index (κ1) is 9.66. The Labute approximate surface area is 105 Å². The summed E-state index contributed by atoms with van der Waals surface area (Å²) in [5, 5.41) is 1.32. The van der Waals surface area contributed by atoms with Crippen molar-refractivity contribution in [3.63, 3.8) is 0 Å². The maximum atomic E-state index is 2.30. The average molecular weight is 233 g/mol. The third-order valence-electron chi connectivity index (χ3n) is 3.51. The van der Waals surface area contributed by atoms with Gasteiger partial charge in [0.2, 0.25) is 12.4 Å². The molecule has 0 radical (unpaired) electrons. The van der Waals surface area contributed by atoms with Crippen molar-refractivity contribution in [3.8, 4) is 0 Å². The predicted octanol–water partition coefficient (Wildman–Crippen LogP) is 3.38. The number of para-hydroxylation sites is 2. The second kappa shape index (κ2) is 3.57. The zero-order valence-corrected chi connectivity index (χ0v) is 9.95. The van der Waals surface area contributed by atoms with Gasteiger partial charge in [0.1, 0.15) is 0 Å². The SMILES string of the molecule is C1=[N+](c2ccccc2)Cn2ccc3cccc1c32. The van der Waals surface area contributed by atoms with Crippen LogP contribution in [0.15, 0.2) is 60.8 Å². The zero-order valence-electron chi connectivity index (χ0n) is 9.95. The first-order valence-corrected chi connectivity index (χ1v) is 6.16. The fourth-order valence-corrected chi connectivity index (χ4v) is 2.66. The van der Waals surface area contributed by atoms with Crippen LogP contribution in [0.1, 0.15) is 5.56 Å². The van der Waals surface area contributed by atoms with Crippen LogP contribution < -0.4 is 0 Å². The standard InChI is InChI=1S/C16H13N2/c1-2-7-15(8-3-1)18-11-14-6-4-5-13-9-10-17(12-18)16(13)14/h1-11H,12H2/q+1. The molecule has 2 aromatic carbocycles. The van der Waals surface area contributed by atoms with Crippen molar-refractivity contribution in [1.82, 2.24) is 4.57 Å². The molecule has 1 aliphatic rings. The molecule has 3 aromatic rings. The van der Waals surface area contributed by atoms with Crippen molar-refractivity contribution in [3.05, 3.63) is 66.4 Å². The highest BCUT2D eigenvalue weighted by Gasteiger charge is 2.18. The van der Waals surface area contributed by atoms with Gasteiger partial charge < -0.3 is 0 Å². The maximum absolute atomic E-state index is 2.30. The van der Waals surface area contributed by atoms with Gasteiger partial charge in [0.05, 0.1) is 11.1 Å². The van der Waals surface area contributed by atoms with Crippen LogP contribution in [-0.2, 0) is 6.67 Å². The van der Waals surface area contributed by atoms with Gasteiger partial charge in [-0.1, -0.05) is 30.3 Å². The van der Waals surface area contributed by atoms with Gasteiger partial charge in [0.25, 0.3) is 0 Å². The van der Waals surface area contributed by atoms with Gasteiger partial charge >= 0.3 is 0 Å². The minimum atomic E-state index is 0.879. The smallest absolute Gasteiger partial charge is 0.228 e. The summed E-state index contributed by atoms with van der Waals surface area (Å²) in [7, 11) is 0. The second-order valence-electron chi connectivity index (χ2n) is 4.65. The largest absolute Gasteiger partial charge is 0.291 e. The molecule has 0 atom stereocenters. The summed E-state index contributed by atoms with van der Waals surface area (Å²) < 4.78 is 4.58. The zero-order chi connectivity index (χ0) is 11.9. The fourth-order valence-electron chi connectivity index (χ4n) is 2.66. The highest BCUT2D eigenvalue weighted by Crippen LogP contribution is 2.24. The van der Waals surface area contributed by atoms with Crippen LogP contribution in [0.2, 0.25) is 0 Å². The van der Waals surface area contributed by atoms with Crippen LogP contribution in [0.3, 0.4) is 0 Å². The van der Waals surface area contributed by atoms with Gasteiger partial charge in [-0.25, -0.2) is 0 Å². The lowest BCUT2D eigenvalue weighted by Gasteiger charge is -2.12. The predicted molar refractivity (Wildman–Crippen MR) is 73.5 cm³/mol. The van der Waals surface area contributed by atoms with Crippen molar-refractivity contribution in [2.75, 3.05) is 0 Å². The van der Waals surface area contributed by atoms with E-state index in [1.807, 2.05) is 0 Å². The van der Waals surface area contributed by atoms with Crippen LogP contribution in [0, 0.1) is 0 Å². The van der Waals surface area contributed by atoms with E-state index in [4.69, 9.17) is 0 Å². The fraction of sp³-hybridized carbons (Fsp3) is 0.0625. The Balaban J connectivity index is 1.94. The summed E-state index contributed by atoms with van der Waals surface area (Å²) in [6.07, 6.45) is 4.40. The van der Waals surface area contributed by atoms with E-state index in [2.05, 4.69) is 76.2 Å². The van der Waals surface area contributed by atoms with Crippen molar-refractivity contribution in [1.29, 1.82) is 0 Å². The van der Waals surface area contributed by atoms with E-state index in [9.17, 15) is 0 Å². The van der Waals surface area contributed by atoms with Crippen LogP contribution in [0.25, 0.3) is 10.9 Å². The lowest BCUT2D eigenvalue weighted by atomic mass is 10.1. The summed E-state index contributed by atoms with van der Waals surface area (Å²) in [6, 6.07) is 19.1. The number of rotatable bonds is 1. The second-order valence-corrected chi connectivity index (χ2v) is 4.65. The van der Waals surface area contributed by atoms with E-state index in [-0.39, 0.29) is 0 Å². The molecule has 86 valence electrons. The van der Waals surface area contributed by atoms with Crippen molar-refractivity contribution in [2.24, 2.45) is 0 Å². The maximum Gasteiger partial charge on any atom is 0.228 e. The lowest BCUT2D eigenvalue weighted by molar-refractivity contribution is -0.471. The molecule has 0 N–H and O–H groups in total. The third-order valence-corrected chi connectivity index (χ3v) is 3.51. The quantitative estimate of drug-likeness (QED) is 0.569. The molecule has 0 fully saturated rings. The van der Waals surface area contributed by atoms with Crippen LogP contribution in [0.5, 0.6) is 0 Å². The van der Waals surface area contributed by atoms with Crippen molar-refractivity contribution in [2.45, 2.75) is 6.67 Å². The highest BCUT2D eigenvalue weighted by atomic mass is 15.2. The Morgan fingerprint density at radius 1 is 0.889 bits per heavy atom. The molecular weight excluding hydrogens is 220 g/mol. The van der Waals surface area contributed by atoms with E-state index >= 15 is 0 Å². The van der Waals surface area contributed by atoms with Gasteiger partial charge in [0.15, 0.2) is 6.21 Å². The first-order chi connectivity index (χ1) is 8.92. The number of hydrogen-bond acceptors (Lipinski definition) is 0. The Hall–Kier alpha value is -2.35. The summed E-state index contributed by atoms with van der Waals surface area (Å²) >= 11 is 0. The van der Waals surface area contributed by atoms with Crippen LogP contribution in [0.4, 0.5) is 5.69 Å². The molecule has 0 bridgehead atoms. The van der Waals surface area contributed by atoms with Gasteiger partial charge in [0, 0.05) is 23.7 Å². The van der Waals surface area contributed by atoms with Gasteiger partial charge in [-0.2, -0.15) is 4.58 Å². The molecule has 0 spiro atoms. The molecule has 0 unspecified atom stereocenters. The minimum absolute atomic E-state index is 0.879. The molecule has 1 aromatic heterocycles. The van der Waals surface area contributed by atoms with E-state index < -0.39 is 0 Å². The number of aromatic nitrogens is 1. The number of nitrogens with zero attached hydrogens (tertiary/aromatic N) is 2. The highest BCUT2D eigenvalue weighted by molar-refractivity contribution is 5.97. The summed E-state index contributed by atoms with van der Waals surface area (Å²) in [5.74, 6) is 0. The molecular formula is C16H13N2+. The van der Waals surface area contributed by atoms with E-state index in [0.717, 1.165) is 6.67 Å². The Kier molecular flexibility index (Phi) is 1.92. The number of hydrogen-bond donors (Lipinski definition) is 0. The van der Waals surface area contributed by atoms with Crippen LogP contribution >= 0.6 is 0 Å². The molecule has 0 saturated heterocycles. The van der Waals surface area contributed by atoms with Gasteiger partial charge in [-0.3, -0.25) is 4.57 Å². The van der Waals surface area contributed by atoms with Crippen molar-refractivity contribution >= 4 is 22.8 Å². The van der Waals surface area contributed by atoms with E-state index in [1.54, 1.807) is 0 Å². The van der Waals surface area contributed by atoms with Gasteiger partial charge in [-0.05, 0) is 12.1 Å². The van der Waals surface area contributed by atoms with E-state index in [0.29, 0.717) is 0 Å². The molecule has 1 aliphatic heterocycles. The summed E-state index contributed by atoms with van der Waals surface area (Å²) in [6.45, 7) is 0.879. The molecule has 0 saturated carbocycles. The Morgan fingerprint density at radius 3 is 2.67 bits per heavy atom. The lowest BCUT2D eigenvalue weighted by Crippen LogP contribution is -2.18. The first-order valence-electron chi connectivity index (χ1n) is 6.16. The molecule has 0 amide bonds. The minimum Gasteiger partial charge on any atom is -0.291 e. The van der Waals surface area contributed by atoms with Crippen LogP contribution in [-0.4, -0.2) is 15.4 Å².